The molecular formula is C22H29N5O2S. The molecule has 160 valence electrons. The number of hydrogen-bond acceptors (Lipinski definition) is 5. The molecule has 1 aromatic heterocycles. The summed E-state index contributed by atoms with van der Waals surface area (Å²) in [5, 5.41) is 9.55. The summed E-state index contributed by atoms with van der Waals surface area (Å²) in [6.45, 7) is 5.86. The molecule has 1 fully saturated rings. The van der Waals surface area contributed by atoms with Crippen LogP contribution in [0.3, 0.4) is 0 Å². The van der Waals surface area contributed by atoms with Crippen molar-refractivity contribution in [1.82, 2.24) is 15.2 Å². The van der Waals surface area contributed by atoms with E-state index in [0.717, 1.165) is 53.2 Å². The second-order valence-electron chi connectivity index (χ2n) is 8.35. The maximum Gasteiger partial charge on any atom is 0.321 e. The van der Waals surface area contributed by atoms with Crippen LogP contribution in [0, 0.1) is 13.8 Å². The average Bonchev–Trinajstić information content (AvgIpc) is 3.29. The molecule has 2 heterocycles. The number of nitrogens with zero attached hydrogens (tertiary/aromatic N) is 2. The van der Waals surface area contributed by atoms with E-state index in [2.05, 4.69) is 31.9 Å². The molecule has 2 aliphatic rings. The SMILES string of the molecule is Cc1cc(C)cc(NC(=O)CN2CCc3nc(NC(=O)NC4CCCC4)sc3C2)c1. The highest BCUT2D eigenvalue weighted by Gasteiger charge is 2.23. The van der Waals surface area contributed by atoms with E-state index in [1.807, 2.05) is 26.0 Å². The van der Waals surface area contributed by atoms with E-state index in [9.17, 15) is 9.59 Å². The van der Waals surface area contributed by atoms with Gasteiger partial charge in [-0.25, -0.2) is 9.78 Å². The zero-order chi connectivity index (χ0) is 21.1. The van der Waals surface area contributed by atoms with Crippen LogP contribution in [-0.2, 0) is 17.8 Å². The lowest BCUT2D eigenvalue weighted by molar-refractivity contribution is -0.117. The second-order valence-corrected chi connectivity index (χ2v) is 9.44. The van der Waals surface area contributed by atoms with E-state index in [0.29, 0.717) is 18.2 Å². The molecule has 1 saturated carbocycles. The molecule has 0 atom stereocenters. The third kappa shape index (κ3) is 5.37. The van der Waals surface area contributed by atoms with Gasteiger partial charge < -0.3 is 10.6 Å². The first-order valence-corrected chi connectivity index (χ1v) is 11.4. The second kappa shape index (κ2) is 9.14. The summed E-state index contributed by atoms with van der Waals surface area (Å²) in [4.78, 5) is 32.5. The Morgan fingerprint density at radius 2 is 1.87 bits per heavy atom. The number of carbonyl (C=O) groups is 2. The van der Waals surface area contributed by atoms with Gasteiger partial charge in [-0.15, -0.1) is 11.3 Å². The van der Waals surface area contributed by atoms with Gasteiger partial charge in [0, 0.05) is 36.1 Å². The van der Waals surface area contributed by atoms with E-state index < -0.39 is 0 Å². The van der Waals surface area contributed by atoms with Crippen LogP contribution in [0.1, 0.15) is 47.4 Å². The first kappa shape index (κ1) is 20.8. The first-order valence-electron chi connectivity index (χ1n) is 10.6. The van der Waals surface area contributed by atoms with Crippen molar-refractivity contribution in [1.29, 1.82) is 0 Å². The lowest BCUT2D eigenvalue weighted by Crippen LogP contribution is -2.36. The summed E-state index contributed by atoms with van der Waals surface area (Å²) in [6.07, 6.45) is 5.27. The minimum atomic E-state index is -0.169. The molecule has 0 unspecified atom stereocenters. The number of aryl methyl sites for hydroxylation is 2. The molecule has 8 heteroatoms. The highest BCUT2D eigenvalue weighted by molar-refractivity contribution is 7.15. The number of carbonyl (C=O) groups excluding carboxylic acids is 2. The fourth-order valence-electron chi connectivity index (χ4n) is 4.28. The molecule has 1 aliphatic heterocycles. The van der Waals surface area contributed by atoms with Crippen LogP contribution >= 0.6 is 11.3 Å². The number of hydrogen-bond donors (Lipinski definition) is 3. The van der Waals surface area contributed by atoms with Crippen molar-refractivity contribution in [3.63, 3.8) is 0 Å². The Kier molecular flexibility index (Phi) is 6.34. The zero-order valence-corrected chi connectivity index (χ0v) is 18.4. The minimum absolute atomic E-state index is 0.0118. The van der Waals surface area contributed by atoms with Gasteiger partial charge >= 0.3 is 6.03 Å². The summed E-state index contributed by atoms with van der Waals surface area (Å²) in [5.74, 6) is -0.0118. The van der Waals surface area contributed by atoms with Crippen LogP contribution in [-0.4, -0.2) is 41.0 Å². The normalized spacial score (nSPS) is 16.9. The van der Waals surface area contributed by atoms with Crippen LogP contribution in [0.25, 0.3) is 0 Å². The Morgan fingerprint density at radius 1 is 1.13 bits per heavy atom. The molecular weight excluding hydrogens is 398 g/mol. The lowest BCUT2D eigenvalue weighted by Gasteiger charge is -2.25. The van der Waals surface area contributed by atoms with Gasteiger partial charge in [0.05, 0.1) is 12.2 Å². The Balaban J connectivity index is 1.30. The molecule has 1 aromatic carbocycles. The molecule has 0 spiro atoms. The highest BCUT2D eigenvalue weighted by Crippen LogP contribution is 2.28. The van der Waals surface area contributed by atoms with Gasteiger partial charge in [-0.2, -0.15) is 0 Å². The minimum Gasteiger partial charge on any atom is -0.335 e. The van der Waals surface area contributed by atoms with E-state index in [4.69, 9.17) is 0 Å². The van der Waals surface area contributed by atoms with Gasteiger partial charge in [0.2, 0.25) is 5.91 Å². The van der Waals surface area contributed by atoms with Gasteiger partial charge in [0.15, 0.2) is 5.13 Å². The first-order chi connectivity index (χ1) is 14.4. The molecule has 0 bridgehead atoms. The quantitative estimate of drug-likeness (QED) is 0.677. The largest absolute Gasteiger partial charge is 0.335 e. The van der Waals surface area contributed by atoms with E-state index >= 15 is 0 Å². The number of aromatic nitrogens is 1. The number of thiazole rings is 1. The topological polar surface area (TPSA) is 86.4 Å². The molecule has 2 aromatic rings. The summed E-state index contributed by atoms with van der Waals surface area (Å²) >= 11 is 1.50. The third-order valence-corrected chi connectivity index (χ3v) is 6.59. The van der Waals surface area contributed by atoms with Crippen molar-refractivity contribution in [3.8, 4) is 0 Å². The maximum absolute atomic E-state index is 12.5. The zero-order valence-electron chi connectivity index (χ0n) is 17.6. The number of anilines is 2. The average molecular weight is 428 g/mol. The molecule has 0 saturated heterocycles. The standard InChI is InChI=1S/C22H29N5O2S/c1-14-9-15(2)11-17(10-14)23-20(28)13-27-8-7-18-19(12-27)30-22(25-18)26-21(29)24-16-5-3-4-6-16/h9-11,16H,3-8,12-13H2,1-2H3,(H,23,28)(H2,24,25,26,29). The maximum atomic E-state index is 12.5. The molecule has 3 amide bonds. The lowest BCUT2D eigenvalue weighted by atomic mass is 10.1. The number of benzene rings is 1. The number of rotatable bonds is 5. The van der Waals surface area contributed by atoms with Crippen molar-refractivity contribution >= 4 is 34.1 Å². The van der Waals surface area contributed by atoms with Crippen LogP contribution in [0.4, 0.5) is 15.6 Å². The van der Waals surface area contributed by atoms with Gasteiger partial charge in [0.1, 0.15) is 0 Å². The fourth-order valence-corrected chi connectivity index (χ4v) is 5.32. The molecule has 0 radical (unpaired) electrons. The molecule has 3 N–H and O–H groups in total. The number of urea groups is 1. The third-order valence-electron chi connectivity index (χ3n) is 5.59. The molecule has 7 nitrogen and oxygen atoms in total. The fraction of sp³-hybridized carbons (Fsp3) is 0.500. The van der Waals surface area contributed by atoms with E-state index in [1.165, 1.54) is 24.2 Å². The number of nitrogens with one attached hydrogen (secondary N) is 3. The molecule has 4 rings (SSSR count). The van der Waals surface area contributed by atoms with Crippen LogP contribution < -0.4 is 16.0 Å². The van der Waals surface area contributed by atoms with Crippen molar-refractivity contribution in [2.75, 3.05) is 23.7 Å². The van der Waals surface area contributed by atoms with Gasteiger partial charge in [-0.1, -0.05) is 18.9 Å². The van der Waals surface area contributed by atoms with E-state index in [1.54, 1.807) is 0 Å². The monoisotopic (exact) mass is 427 g/mol. The Bertz CT molecular complexity index is 915. The Labute approximate surface area is 181 Å². The van der Waals surface area contributed by atoms with Crippen molar-refractivity contribution in [2.24, 2.45) is 0 Å². The van der Waals surface area contributed by atoms with Gasteiger partial charge in [-0.05, 0) is 49.9 Å². The summed E-state index contributed by atoms with van der Waals surface area (Å²) < 4.78 is 0. The van der Waals surface area contributed by atoms with Gasteiger partial charge in [-0.3, -0.25) is 15.0 Å². The predicted molar refractivity (Wildman–Crippen MR) is 120 cm³/mol. The Hall–Kier alpha value is -2.45. The molecule has 30 heavy (non-hydrogen) atoms. The van der Waals surface area contributed by atoms with Crippen LogP contribution in [0.5, 0.6) is 0 Å². The highest BCUT2D eigenvalue weighted by atomic mass is 32.1. The van der Waals surface area contributed by atoms with Crippen LogP contribution in [0.15, 0.2) is 18.2 Å². The summed E-state index contributed by atoms with van der Waals surface area (Å²) in [6, 6.07) is 6.17. The van der Waals surface area contributed by atoms with Crippen molar-refractivity contribution in [3.05, 3.63) is 39.9 Å². The number of amides is 3. The van der Waals surface area contributed by atoms with Gasteiger partial charge in [0.25, 0.3) is 0 Å². The molecule has 1 aliphatic carbocycles. The van der Waals surface area contributed by atoms with E-state index in [-0.39, 0.29) is 18.0 Å². The smallest absolute Gasteiger partial charge is 0.321 e. The number of fused-ring (bicyclic) bond motifs is 1. The Morgan fingerprint density at radius 3 is 2.60 bits per heavy atom. The van der Waals surface area contributed by atoms with Crippen LogP contribution in [0.2, 0.25) is 0 Å². The predicted octanol–water partition coefficient (Wildman–Crippen LogP) is 3.82. The summed E-state index contributed by atoms with van der Waals surface area (Å²) in [5.41, 5.74) is 4.14. The van der Waals surface area contributed by atoms with Crippen molar-refractivity contribution < 1.29 is 9.59 Å². The van der Waals surface area contributed by atoms with Crippen molar-refractivity contribution in [2.45, 2.75) is 58.5 Å². The summed E-state index contributed by atoms with van der Waals surface area (Å²) in [7, 11) is 0.